The van der Waals surface area contributed by atoms with E-state index in [1.54, 1.807) is 40.3 Å². The van der Waals surface area contributed by atoms with Gasteiger partial charge in [0.2, 0.25) is 5.91 Å². The van der Waals surface area contributed by atoms with Crippen molar-refractivity contribution in [1.29, 1.82) is 0 Å². The maximum atomic E-state index is 12.7. The van der Waals surface area contributed by atoms with E-state index < -0.39 is 6.43 Å². The van der Waals surface area contributed by atoms with Gasteiger partial charge >= 0.3 is 0 Å². The van der Waals surface area contributed by atoms with E-state index in [0.29, 0.717) is 24.5 Å². The van der Waals surface area contributed by atoms with E-state index in [1.807, 2.05) is 24.3 Å². The lowest BCUT2D eigenvalue weighted by Gasteiger charge is -2.17. The number of alkyl halides is 2. The Morgan fingerprint density at radius 2 is 1.90 bits per heavy atom. The van der Waals surface area contributed by atoms with Crippen molar-refractivity contribution in [2.45, 2.75) is 25.4 Å². The summed E-state index contributed by atoms with van der Waals surface area (Å²) in [5.74, 6) is -0.181. The Labute approximate surface area is 183 Å². The van der Waals surface area contributed by atoms with Gasteiger partial charge in [-0.2, -0.15) is 0 Å². The first-order valence-electron chi connectivity index (χ1n) is 10.0. The third kappa shape index (κ3) is 5.26. The van der Waals surface area contributed by atoms with E-state index in [-0.39, 0.29) is 25.0 Å². The van der Waals surface area contributed by atoms with Crippen LogP contribution in [0.25, 0.3) is 22.5 Å². The van der Waals surface area contributed by atoms with Crippen LogP contribution in [0.1, 0.15) is 6.42 Å². The molecule has 1 aliphatic rings. The smallest absolute Gasteiger partial charge is 0.251 e. The Bertz CT molecular complexity index is 1030. The van der Waals surface area contributed by atoms with Crippen LogP contribution in [0.15, 0.2) is 55.1 Å². The number of nitrogens with one attached hydrogen (secondary N) is 1. The second-order valence-corrected chi connectivity index (χ2v) is 7.95. The Balaban J connectivity index is 1.53. The highest BCUT2D eigenvalue weighted by molar-refractivity contribution is 6.30. The second kappa shape index (κ2) is 9.53. The minimum Gasteiger partial charge on any atom is -0.350 e. The van der Waals surface area contributed by atoms with Crippen molar-refractivity contribution in [2.24, 2.45) is 0 Å². The molecule has 1 N–H and O–H groups in total. The van der Waals surface area contributed by atoms with Crippen molar-refractivity contribution in [1.82, 2.24) is 24.8 Å². The molecule has 162 valence electrons. The van der Waals surface area contributed by atoms with Gasteiger partial charge in [-0.15, -0.1) is 0 Å². The highest BCUT2D eigenvalue weighted by atomic mass is 35.5. The summed E-state index contributed by atoms with van der Waals surface area (Å²) in [7, 11) is 0. The third-order valence-electron chi connectivity index (χ3n) is 5.26. The zero-order chi connectivity index (χ0) is 21.8. The Hall–Kier alpha value is -2.84. The molecule has 2 aromatic heterocycles. The summed E-state index contributed by atoms with van der Waals surface area (Å²) in [6.07, 6.45) is 3.31. The van der Waals surface area contributed by atoms with Crippen molar-refractivity contribution < 1.29 is 13.6 Å². The molecular formula is C22H22ClF2N5O. The quantitative estimate of drug-likeness (QED) is 0.602. The molecule has 9 heteroatoms. The third-order valence-corrected chi connectivity index (χ3v) is 5.51. The fourth-order valence-corrected chi connectivity index (χ4v) is 4.00. The first-order chi connectivity index (χ1) is 15.0. The summed E-state index contributed by atoms with van der Waals surface area (Å²) in [6.45, 7) is 0.810. The summed E-state index contributed by atoms with van der Waals surface area (Å²) < 4.78 is 27.0. The van der Waals surface area contributed by atoms with E-state index in [1.165, 1.54) is 0 Å². The summed E-state index contributed by atoms with van der Waals surface area (Å²) in [4.78, 5) is 23.0. The van der Waals surface area contributed by atoms with Gasteiger partial charge in [-0.25, -0.2) is 13.8 Å². The summed E-state index contributed by atoms with van der Waals surface area (Å²) >= 11 is 6.02. The fourth-order valence-electron chi connectivity index (χ4n) is 3.87. The molecule has 1 fully saturated rings. The van der Waals surface area contributed by atoms with Crippen LogP contribution in [0.4, 0.5) is 8.78 Å². The van der Waals surface area contributed by atoms with Crippen LogP contribution in [0.2, 0.25) is 5.02 Å². The number of hydrogen-bond donors (Lipinski definition) is 1. The molecule has 3 heterocycles. The normalized spacial score (nSPS) is 16.7. The number of pyridine rings is 1. The van der Waals surface area contributed by atoms with Crippen molar-refractivity contribution in [3.8, 4) is 22.5 Å². The lowest BCUT2D eigenvalue weighted by atomic mass is 10.1. The van der Waals surface area contributed by atoms with E-state index in [0.717, 1.165) is 22.5 Å². The zero-order valence-electron chi connectivity index (χ0n) is 16.7. The van der Waals surface area contributed by atoms with Gasteiger partial charge in [-0.3, -0.25) is 14.7 Å². The number of hydrogen-bond acceptors (Lipinski definition) is 4. The standard InChI is InChI=1S/C22H22ClF2N5O/c23-17-3-1-15(2-4-17)21-22(16-5-8-26-9-6-16)30(14-27-21)13-20(31)28-18-7-10-29(11-18)12-19(24)25/h1-6,8-9,14,18-19H,7,10-13H2,(H,28,31)/t18-/m0/s1. The van der Waals surface area contributed by atoms with Gasteiger partial charge in [-0.05, 0) is 30.7 Å². The summed E-state index contributed by atoms with van der Waals surface area (Å²) in [5, 5.41) is 3.59. The number of imidazole rings is 1. The topological polar surface area (TPSA) is 63.1 Å². The Kier molecular flexibility index (Phi) is 6.58. The Morgan fingerprint density at radius 1 is 1.16 bits per heavy atom. The van der Waals surface area contributed by atoms with Crippen molar-refractivity contribution in [3.05, 3.63) is 60.1 Å². The molecule has 0 spiro atoms. The van der Waals surface area contributed by atoms with Gasteiger partial charge in [0, 0.05) is 47.7 Å². The van der Waals surface area contributed by atoms with Crippen LogP contribution >= 0.6 is 11.6 Å². The van der Waals surface area contributed by atoms with Crippen LogP contribution < -0.4 is 5.32 Å². The highest BCUT2D eigenvalue weighted by Gasteiger charge is 2.26. The highest BCUT2D eigenvalue weighted by Crippen LogP contribution is 2.31. The van der Waals surface area contributed by atoms with Crippen molar-refractivity contribution in [3.63, 3.8) is 0 Å². The first kappa shape index (κ1) is 21.4. The molecule has 1 amide bonds. The predicted molar refractivity (Wildman–Crippen MR) is 115 cm³/mol. The molecule has 0 radical (unpaired) electrons. The molecule has 31 heavy (non-hydrogen) atoms. The zero-order valence-corrected chi connectivity index (χ0v) is 17.5. The lowest BCUT2D eigenvalue weighted by Crippen LogP contribution is -2.39. The van der Waals surface area contributed by atoms with Crippen LogP contribution in [0.3, 0.4) is 0 Å². The minimum atomic E-state index is -2.37. The van der Waals surface area contributed by atoms with Gasteiger partial charge in [0.15, 0.2) is 0 Å². The van der Waals surface area contributed by atoms with Gasteiger partial charge in [0.05, 0.1) is 24.3 Å². The van der Waals surface area contributed by atoms with E-state index >= 15 is 0 Å². The number of halogens is 3. The number of likely N-dealkylation sites (tertiary alicyclic amines) is 1. The molecule has 1 saturated heterocycles. The van der Waals surface area contributed by atoms with E-state index in [2.05, 4.69) is 15.3 Å². The fraction of sp³-hybridized carbons (Fsp3) is 0.318. The molecule has 1 aliphatic heterocycles. The first-order valence-corrected chi connectivity index (χ1v) is 10.4. The molecule has 6 nitrogen and oxygen atoms in total. The molecule has 1 aromatic carbocycles. The Morgan fingerprint density at radius 3 is 2.61 bits per heavy atom. The number of carbonyl (C=O) groups is 1. The minimum absolute atomic E-state index is 0.0730. The van der Waals surface area contributed by atoms with Crippen molar-refractivity contribution in [2.75, 3.05) is 19.6 Å². The van der Waals surface area contributed by atoms with Gasteiger partial charge in [0.25, 0.3) is 6.43 Å². The predicted octanol–water partition coefficient (Wildman–Crippen LogP) is 3.72. The van der Waals surface area contributed by atoms with Gasteiger partial charge in [0.1, 0.15) is 6.54 Å². The molecule has 0 aliphatic carbocycles. The molecule has 3 aromatic rings. The largest absolute Gasteiger partial charge is 0.350 e. The molecule has 0 saturated carbocycles. The lowest BCUT2D eigenvalue weighted by molar-refractivity contribution is -0.122. The van der Waals surface area contributed by atoms with E-state index in [9.17, 15) is 13.6 Å². The molecule has 4 rings (SSSR count). The molecule has 1 atom stereocenters. The van der Waals surface area contributed by atoms with Crippen LogP contribution in [-0.4, -0.2) is 57.4 Å². The maximum Gasteiger partial charge on any atom is 0.251 e. The number of aromatic nitrogens is 3. The van der Waals surface area contributed by atoms with E-state index in [4.69, 9.17) is 11.6 Å². The summed E-state index contributed by atoms with van der Waals surface area (Å²) in [5.41, 5.74) is 3.30. The van der Waals surface area contributed by atoms with Crippen LogP contribution in [0, 0.1) is 0 Å². The number of nitrogens with zero attached hydrogens (tertiary/aromatic N) is 4. The van der Waals surface area contributed by atoms with Gasteiger partial charge in [-0.1, -0.05) is 23.7 Å². The maximum absolute atomic E-state index is 12.7. The van der Waals surface area contributed by atoms with Gasteiger partial charge < -0.3 is 9.88 Å². The average molecular weight is 446 g/mol. The number of rotatable bonds is 7. The molecule has 0 bridgehead atoms. The number of carbonyl (C=O) groups excluding carboxylic acids is 1. The van der Waals surface area contributed by atoms with Crippen LogP contribution in [-0.2, 0) is 11.3 Å². The molecule has 0 unspecified atom stereocenters. The SMILES string of the molecule is O=C(Cn1cnc(-c2ccc(Cl)cc2)c1-c1ccncc1)N[C@H]1CCN(CC(F)F)C1. The van der Waals surface area contributed by atoms with Crippen molar-refractivity contribution >= 4 is 17.5 Å². The number of amides is 1. The number of benzene rings is 1. The molecular weight excluding hydrogens is 424 g/mol. The monoisotopic (exact) mass is 445 g/mol. The summed E-state index contributed by atoms with van der Waals surface area (Å²) in [6, 6.07) is 11.0. The second-order valence-electron chi connectivity index (χ2n) is 7.52. The van der Waals surface area contributed by atoms with Crippen LogP contribution in [0.5, 0.6) is 0 Å². The average Bonchev–Trinajstić information content (AvgIpc) is 3.35.